The van der Waals surface area contributed by atoms with Gasteiger partial charge in [-0.1, -0.05) is 26.7 Å². The molecule has 1 aliphatic carbocycles. The zero-order valence-electron chi connectivity index (χ0n) is 6.48. The summed E-state index contributed by atoms with van der Waals surface area (Å²) in [6.07, 6.45) is 5.72. The molecule has 0 aliphatic heterocycles. The molecule has 0 spiro atoms. The Kier molecular flexibility index (Phi) is 2.16. The van der Waals surface area contributed by atoms with Crippen LogP contribution in [0.5, 0.6) is 0 Å². The molecule has 0 N–H and O–H groups in total. The first kappa shape index (κ1) is 7.54. The van der Waals surface area contributed by atoms with E-state index in [4.69, 9.17) is 0 Å². The molecule has 1 aliphatic rings. The molecule has 1 saturated carbocycles. The van der Waals surface area contributed by atoms with Crippen molar-refractivity contribution in [2.24, 2.45) is 5.92 Å². The SMILES string of the molecule is C[C@H]1CCCC[C@@]1(C)P. The lowest BCUT2D eigenvalue weighted by molar-refractivity contribution is 0.311. The zero-order chi connectivity index (χ0) is 6.91. The second-order valence-electron chi connectivity index (χ2n) is 3.65. The van der Waals surface area contributed by atoms with Crippen LogP contribution in [0.15, 0.2) is 0 Å². The van der Waals surface area contributed by atoms with Gasteiger partial charge in [0.15, 0.2) is 0 Å². The van der Waals surface area contributed by atoms with Crippen LogP contribution in [0.2, 0.25) is 0 Å². The zero-order valence-corrected chi connectivity index (χ0v) is 7.64. The molecule has 0 aromatic carbocycles. The van der Waals surface area contributed by atoms with E-state index in [0.29, 0.717) is 5.16 Å². The summed E-state index contributed by atoms with van der Waals surface area (Å²) in [5.41, 5.74) is 0. The lowest BCUT2D eigenvalue weighted by Gasteiger charge is -2.35. The highest BCUT2D eigenvalue weighted by molar-refractivity contribution is 7.18. The Bertz CT molecular complexity index is 96.7. The highest BCUT2D eigenvalue weighted by Gasteiger charge is 2.28. The van der Waals surface area contributed by atoms with Gasteiger partial charge in [0.1, 0.15) is 0 Å². The van der Waals surface area contributed by atoms with Crippen molar-refractivity contribution in [1.29, 1.82) is 0 Å². The van der Waals surface area contributed by atoms with E-state index >= 15 is 0 Å². The summed E-state index contributed by atoms with van der Waals surface area (Å²) in [4.78, 5) is 0. The Morgan fingerprint density at radius 2 is 2.11 bits per heavy atom. The van der Waals surface area contributed by atoms with Crippen LogP contribution in [-0.2, 0) is 0 Å². The molecule has 1 rings (SSSR count). The summed E-state index contributed by atoms with van der Waals surface area (Å²) >= 11 is 0. The predicted molar refractivity (Wildman–Crippen MR) is 45.7 cm³/mol. The van der Waals surface area contributed by atoms with E-state index in [1.807, 2.05) is 0 Å². The summed E-state index contributed by atoms with van der Waals surface area (Å²) in [5.74, 6) is 0.913. The number of hydrogen-bond acceptors (Lipinski definition) is 0. The first-order chi connectivity index (χ1) is 4.13. The molecule has 54 valence electrons. The Hall–Kier alpha value is 0.430. The molecule has 3 atom stereocenters. The highest BCUT2D eigenvalue weighted by Crippen LogP contribution is 2.39. The quantitative estimate of drug-likeness (QED) is 0.458. The molecule has 0 aromatic rings. The van der Waals surface area contributed by atoms with E-state index in [1.165, 1.54) is 25.7 Å². The van der Waals surface area contributed by atoms with Crippen molar-refractivity contribution in [3.63, 3.8) is 0 Å². The van der Waals surface area contributed by atoms with Gasteiger partial charge < -0.3 is 0 Å². The summed E-state index contributed by atoms with van der Waals surface area (Å²) in [5, 5.41) is 0.554. The van der Waals surface area contributed by atoms with Crippen LogP contribution >= 0.6 is 9.24 Å². The van der Waals surface area contributed by atoms with Crippen molar-refractivity contribution in [1.82, 2.24) is 0 Å². The van der Waals surface area contributed by atoms with E-state index < -0.39 is 0 Å². The maximum absolute atomic E-state index is 3.00. The second-order valence-corrected chi connectivity index (χ2v) is 4.97. The Balaban J connectivity index is 2.49. The minimum atomic E-state index is 0.554. The highest BCUT2D eigenvalue weighted by atomic mass is 31.0. The van der Waals surface area contributed by atoms with Crippen LogP contribution in [0.25, 0.3) is 0 Å². The predicted octanol–water partition coefficient (Wildman–Crippen LogP) is 2.83. The monoisotopic (exact) mass is 144 g/mol. The van der Waals surface area contributed by atoms with E-state index in [2.05, 4.69) is 23.1 Å². The molecule has 0 radical (unpaired) electrons. The largest absolute Gasteiger partial charge is 0.131 e. The topological polar surface area (TPSA) is 0 Å². The van der Waals surface area contributed by atoms with Crippen LogP contribution in [-0.4, -0.2) is 5.16 Å². The normalized spacial score (nSPS) is 45.0. The number of rotatable bonds is 0. The fourth-order valence-corrected chi connectivity index (χ4v) is 1.90. The smallest absolute Gasteiger partial charge is 0.0153 e. The van der Waals surface area contributed by atoms with Crippen LogP contribution in [0.1, 0.15) is 39.5 Å². The van der Waals surface area contributed by atoms with Gasteiger partial charge in [-0.05, 0) is 23.9 Å². The fraction of sp³-hybridized carbons (Fsp3) is 1.00. The number of hydrogen-bond donors (Lipinski definition) is 0. The van der Waals surface area contributed by atoms with Gasteiger partial charge in [0.2, 0.25) is 0 Å². The first-order valence-electron chi connectivity index (χ1n) is 3.92. The van der Waals surface area contributed by atoms with E-state index in [1.54, 1.807) is 0 Å². The fourth-order valence-electron chi connectivity index (χ4n) is 1.53. The van der Waals surface area contributed by atoms with Gasteiger partial charge in [0.25, 0.3) is 0 Å². The third-order valence-corrected chi connectivity index (χ3v) is 3.59. The lowest BCUT2D eigenvalue weighted by atomic mass is 9.81. The van der Waals surface area contributed by atoms with Gasteiger partial charge in [-0.25, -0.2) is 0 Å². The first-order valence-corrected chi connectivity index (χ1v) is 4.49. The van der Waals surface area contributed by atoms with Crippen molar-refractivity contribution >= 4 is 9.24 Å². The molecule has 1 heteroatoms. The summed E-state index contributed by atoms with van der Waals surface area (Å²) in [6.45, 7) is 4.73. The Labute approximate surface area is 60.6 Å². The molecule has 1 fully saturated rings. The Morgan fingerprint density at radius 1 is 1.44 bits per heavy atom. The molecule has 0 heterocycles. The lowest BCUT2D eigenvalue weighted by Crippen LogP contribution is -2.28. The second kappa shape index (κ2) is 2.58. The summed E-state index contributed by atoms with van der Waals surface area (Å²) < 4.78 is 0. The van der Waals surface area contributed by atoms with Crippen LogP contribution in [0.4, 0.5) is 0 Å². The standard InChI is InChI=1S/C8H17P/c1-7-5-3-4-6-8(7,2)9/h7H,3-6,9H2,1-2H3/t7-,8+/m0/s1. The molecule has 0 amide bonds. The van der Waals surface area contributed by atoms with E-state index in [9.17, 15) is 0 Å². The van der Waals surface area contributed by atoms with Gasteiger partial charge in [0, 0.05) is 0 Å². The summed E-state index contributed by atoms with van der Waals surface area (Å²) in [6, 6.07) is 0. The van der Waals surface area contributed by atoms with Gasteiger partial charge in [-0.2, -0.15) is 0 Å². The molecule has 0 aromatic heterocycles. The minimum absolute atomic E-state index is 0.554. The maximum Gasteiger partial charge on any atom is -0.0153 e. The van der Waals surface area contributed by atoms with E-state index in [0.717, 1.165) is 5.92 Å². The van der Waals surface area contributed by atoms with Crippen LogP contribution < -0.4 is 0 Å². The minimum Gasteiger partial charge on any atom is -0.131 e. The molecule has 9 heavy (non-hydrogen) atoms. The van der Waals surface area contributed by atoms with Gasteiger partial charge in [0.05, 0.1) is 0 Å². The van der Waals surface area contributed by atoms with Crippen LogP contribution in [0, 0.1) is 5.92 Å². The third kappa shape index (κ3) is 1.67. The molecular formula is C8H17P. The van der Waals surface area contributed by atoms with Crippen molar-refractivity contribution < 1.29 is 0 Å². The van der Waals surface area contributed by atoms with E-state index in [-0.39, 0.29) is 0 Å². The Morgan fingerprint density at radius 3 is 2.44 bits per heavy atom. The molecule has 0 bridgehead atoms. The third-order valence-electron chi connectivity index (χ3n) is 2.73. The average molecular weight is 144 g/mol. The van der Waals surface area contributed by atoms with Crippen molar-refractivity contribution in [2.45, 2.75) is 44.7 Å². The van der Waals surface area contributed by atoms with Gasteiger partial charge in [-0.3, -0.25) is 0 Å². The molecule has 0 saturated heterocycles. The van der Waals surface area contributed by atoms with Crippen molar-refractivity contribution in [2.75, 3.05) is 0 Å². The average Bonchev–Trinajstić information content (AvgIpc) is 1.77. The van der Waals surface area contributed by atoms with Gasteiger partial charge in [-0.15, -0.1) is 9.24 Å². The van der Waals surface area contributed by atoms with Crippen molar-refractivity contribution in [3.8, 4) is 0 Å². The summed E-state index contributed by atoms with van der Waals surface area (Å²) in [7, 11) is 3.00. The molecular weight excluding hydrogens is 127 g/mol. The maximum atomic E-state index is 3.00. The van der Waals surface area contributed by atoms with Crippen molar-refractivity contribution in [3.05, 3.63) is 0 Å². The van der Waals surface area contributed by atoms with Gasteiger partial charge >= 0.3 is 0 Å². The molecule has 1 unspecified atom stereocenters. The van der Waals surface area contributed by atoms with Crippen LogP contribution in [0.3, 0.4) is 0 Å². The molecule has 0 nitrogen and oxygen atoms in total.